The number of allylic oxidation sites excluding steroid dienone is 4. The van der Waals surface area contributed by atoms with Crippen molar-refractivity contribution in [3.8, 4) is 0 Å². The smallest absolute Gasteiger partial charge is 0.0820 e. The summed E-state index contributed by atoms with van der Waals surface area (Å²) in [6.07, 6.45) is 2.78. The molecule has 0 nitrogen and oxygen atoms in total. The zero-order valence-corrected chi connectivity index (χ0v) is 7.54. The van der Waals surface area contributed by atoms with Crippen molar-refractivity contribution in [2.24, 2.45) is 0 Å². The summed E-state index contributed by atoms with van der Waals surface area (Å²) in [5.41, 5.74) is 3.31. The fourth-order valence-electron chi connectivity index (χ4n) is 1.59. The Morgan fingerprint density at radius 1 is 1.22 bits per heavy atom. The Morgan fingerprint density at radius 3 is 2.67 bits per heavy atom. The van der Waals surface area contributed by atoms with Gasteiger partial charge in [-0.15, -0.1) is 0 Å². The van der Waals surface area contributed by atoms with Crippen molar-refractivity contribution in [3.63, 3.8) is 0 Å². The lowest BCUT2D eigenvalue weighted by atomic mass is 10.0. The maximum Gasteiger partial charge on any atom is 0.0820 e. The largest absolute Gasteiger partial charge is 0.0830 e. The molecule has 0 atom stereocenters. The van der Waals surface area contributed by atoms with E-state index in [-0.39, 0.29) is 9.52 Å². The van der Waals surface area contributed by atoms with E-state index >= 15 is 0 Å². The van der Waals surface area contributed by atoms with Gasteiger partial charge in [-0.3, -0.25) is 0 Å². The predicted octanol–water partition coefficient (Wildman–Crippen LogP) is 1.51. The molecule has 0 unspecified atom stereocenters. The Labute approximate surface area is 58.5 Å². The average Bonchev–Trinajstić information content (AvgIpc) is 2.58. The summed E-state index contributed by atoms with van der Waals surface area (Å²) in [5.74, 6) is 0. The highest BCUT2D eigenvalue weighted by Gasteiger charge is 2.26. The molecule has 2 rings (SSSR count). The van der Waals surface area contributed by atoms with Gasteiger partial charge in [0.2, 0.25) is 0 Å². The lowest BCUT2D eigenvalue weighted by molar-refractivity contribution is 0.937. The fourth-order valence-corrected chi connectivity index (χ4v) is 3.29. The summed E-state index contributed by atoms with van der Waals surface area (Å²) >= 11 is 0. The molecule has 1 aliphatic heterocycles. The van der Waals surface area contributed by atoms with Crippen LogP contribution in [0.5, 0.6) is 0 Å². The van der Waals surface area contributed by atoms with E-state index in [0.717, 1.165) is 0 Å². The molecule has 0 spiro atoms. The van der Waals surface area contributed by atoms with Crippen LogP contribution in [0.25, 0.3) is 0 Å². The Balaban J connectivity index is 2.38. The molecule has 0 radical (unpaired) electrons. The topological polar surface area (TPSA) is 0 Å². The van der Waals surface area contributed by atoms with Crippen LogP contribution < -0.4 is 0 Å². The third kappa shape index (κ3) is 0.715. The molecule has 1 heteroatoms. The van der Waals surface area contributed by atoms with Crippen LogP contribution in [0, 0.1) is 0 Å². The third-order valence-electron chi connectivity index (χ3n) is 2.59. The van der Waals surface area contributed by atoms with Gasteiger partial charge < -0.3 is 0 Å². The van der Waals surface area contributed by atoms with Gasteiger partial charge in [-0.2, -0.15) is 0 Å². The van der Waals surface area contributed by atoms with Crippen molar-refractivity contribution >= 4 is 9.52 Å². The van der Waals surface area contributed by atoms with Gasteiger partial charge in [0.15, 0.2) is 0 Å². The number of hydrogen-bond acceptors (Lipinski definition) is 0. The number of hydrogen-bond donors (Lipinski definition) is 0. The minimum Gasteiger partial charge on any atom is -0.0830 e. The molecule has 0 amide bonds. The zero-order chi connectivity index (χ0) is 6.43. The van der Waals surface area contributed by atoms with Crippen LogP contribution in [0.1, 0.15) is 26.7 Å². The summed E-state index contributed by atoms with van der Waals surface area (Å²) in [5, 5.41) is 3.69. The molecule has 1 aliphatic carbocycles. The molecule has 0 bridgehead atoms. The minimum atomic E-state index is 0.253. The fraction of sp³-hybridized carbons (Fsp3) is 0.500. The maximum absolute atomic E-state index is 2.30. The second-order valence-electron chi connectivity index (χ2n) is 3.16. The van der Waals surface area contributed by atoms with Gasteiger partial charge in [0, 0.05) is 0 Å². The van der Waals surface area contributed by atoms with Crippen LogP contribution in [0.2, 0.25) is 0 Å². The van der Waals surface area contributed by atoms with E-state index < -0.39 is 0 Å². The van der Waals surface area contributed by atoms with Crippen LogP contribution in [0.15, 0.2) is 21.5 Å². The maximum atomic E-state index is 2.30. The van der Waals surface area contributed by atoms with E-state index in [9.17, 15) is 0 Å². The van der Waals surface area contributed by atoms with Crippen LogP contribution in [0.3, 0.4) is 0 Å². The van der Waals surface area contributed by atoms with Crippen molar-refractivity contribution in [2.45, 2.75) is 26.7 Å². The lowest BCUT2D eigenvalue weighted by Crippen LogP contribution is -1.85. The second-order valence-corrected chi connectivity index (χ2v) is 5.08. The van der Waals surface area contributed by atoms with Crippen molar-refractivity contribution in [1.82, 2.24) is 0 Å². The summed E-state index contributed by atoms with van der Waals surface area (Å²) < 4.78 is 0. The number of rotatable bonds is 0. The molecule has 48 valence electrons. The molecule has 0 aromatic rings. The van der Waals surface area contributed by atoms with E-state index in [0.29, 0.717) is 0 Å². The Kier molecular flexibility index (Phi) is 0.973. The minimum absolute atomic E-state index is 0.253. The first-order valence-corrected chi connectivity index (χ1v) is 5.08. The zero-order valence-electron chi connectivity index (χ0n) is 6.12. The third-order valence-corrected chi connectivity index (χ3v) is 4.68. The first kappa shape index (κ1) is 5.48. The van der Waals surface area contributed by atoms with Crippen molar-refractivity contribution in [3.05, 3.63) is 21.5 Å². The standard InChI is InChI=1S/C8H12Si/c1-5-3-4-7-8(9-7)6(5)2/h3-4,9H2,1-2H3. The summed E-state index contributed by atoms with van der Waals surface area (Å²) in [6.45, 7) is 4.58. The summed E-state index contributed by atoms with van der Waals surface area (Å²) in [4.78, 5) is 0. The first-order valence-electron chi connectivity index (χ1n) is 3.66. The van der Waals surface area contributed by atoms with Gasteiger partial charge in [0.25, 0.3) is 0 Å². The van der Waals surface area contributed by atoms with Crippen molar-refractivity contribution in [1.29, 1.82) is 0 Å². The summed E-state index contributed by atoms with van der Waals surface area (Å²) in [7, 11) is 0.253. The molecular formula is C8H12Si. The van der Waals surface area contributed by atoms with Gasteiger partial charge in [-0.25, -0.2) is 0 Å². The van der Waals surface area contributed by atoms with Crippen molar-refractivity contribution in [2.75, 3.05) is 0 Å². The van der Waals surface area contributed by atoms with E-state index in [4.69, 9.17) is 0 Å². The molecule has 9 heavy (non-hydrogen) atoms. The Morgan fingerprint density at radius 2 is 2.00 bits per heavy atom. The molecule has 0 aromatic carbocycles. The molecule has 2 aliphatic rings. The van der Waals surface area contributed by atoms with Gasteiger partial charge in [-0.1, -0.05) is 21.5 Å². The normalized spacial score (nSPS) is 27.3. The average molecular weight is 136 g/mol. The van der Waals surface area contributed by atoms with Gasteiger partial charge >= 0.3 is 0 Å². The SMILES string of the molecule is CC1=C(C)C2=C(CC1)[SiH2]2. The molecule has 1 heterocycles. The van der Waals surface area contributed by atoms with Gasteiger partial charge in [0.05, 0.1) is 9.52 Å². The van der Waals surface area contributed by atoms with Crippen LogP contribution in [-0.4, -0.2) is 9.52 Å². The Hall–Kier alpha value is -0.303. The van der Waals surface area contributed by atoms with Gasteiger partial charge in [-0.05, 0) is 26.7 Å². The van der Waals surface area contributed by atoms with E-state index in [1.54, 1.807) is 11.1 Å². The monoisotopic (exact) mass is 136 g/mol. The molecule has 0 fully saturated rings. The van der Waals surface area contributed by atoms with Crippen molar-refractivity contribution < 1.29 is 0 Å². The highest BCUT2D eigenvalue weighted by molar-refractivity contribution is 6.69. The highest BCUT2D eigenvalue weighted by Crippen LogP contribution is 2.38. The predicted molar refractivity (Wildman–Crippen MR) is 43.2 cm³/mol. The first-order chi connectivity index (χ1) is 4.29. The van der Waals surface area contributed by atoms with Crippen LogP contribution in [-0.2, 0) is 0 Å². The summed E-state index contributed by atoms with van der Waals surface area (Å²) in [6, 6.07) is 0. The lowest BCUT2D eigenvalue weighted by Gasteiger charge is -2.06. The second kappa shape index (κ2) is 1.60. The van der Waals surface area contributed by atoms with Crippen LogP contribution >= 0.6 is 0 Å². The molecule has 0 saturated carbocycles. The quantitative estimate of drug-likeness (QED) is 0.443. The van der Waals surface area contributed by atoms with E-state index in [2.05, 4.69) is 13.8 Å². The molecular weight excluding hydrogens is 124 g/mol. The Bertz CT molecular complexity index is 221. The highest BCUT2D eigenvalue weighted by atomic mass is 28.2. The van der Waals surface area contributed by atoms with E-state index in [1.165, 1.54) is 12.8 Å². The van der Waals surface area contributed by atoms with Crippen LogP contribution in [0.4, 0.5) is 0 Å². The molecule has 0 saturated heterocycles. The van der Waals surface area contributed by atoms with E-state index in [1.807, 2.05) is 10.4 Å². The molecule has 0 N–H and O–H groups in total. The van der Waals surface area contributed by atoms with Gasteiger partial charge in [0.1, 0.15) is 0 Å². The molecule has 0 aromatic heterocycles.